The van der Waals surface area contributed by atoms with E-state index in [1.807, 2.05) is 19.9 Å². The van der Waals surface area contributed by atoms with Crippen LogP contribution in [0.15, 0.2) is 30.3 Å². The fraction of sp³-hybridized carbons (Fsp3) is 0.400. The molecule has 1 fully saturated rings. The maximum atomic E-state index is 9.54. The molecule has 3 rings (SSSR count). The third-order valence-electron chi connectivity index (χ3n) is 4.77. The lowest BCUT2D eigenvalue weighted by molar-refractivity contribution is -0.374. The lowest BCUT2D eigenvalue weighted by Crippen LogP contribution is -2.53. The van der Waals surface area contributed by atoms with Gasteiger partial charge < -0.3 is 4.90 Å². The molecule has 1 atom stereocenters. The molecule has 124 valence electrons. The van der Waals surface area contributed by atoms with Crippen LogP contribution in [0, 0.1) is 32.1 Å². The quantitative estimate of drug-likeness (QED) is 0.854. The van der Waals surface area contributed by atoms with Gasteiger partial charge in [0.2, 0.25) is 0 Å². The topological polar surface area (TPSA) is 44.4 Å². The molecule has 0 radical (unpaired) electrons. The Bertz CT molecular complexity index is 791. The molecule has 1 N–H and O–H groups in total. The minimum Gasteiger partial charge on any atom is -0.361 e. The van der Waals surface area contributed by atoms with Crippen LogP contribution < -0.4 is 14.8 Å². The van der Waals surface area contributed by atoms with Crippen molar-refractivity contribution in [3.8, 4) is 6.07 Å². The zero-order valence-corrected chi connectivity index (χ0v) is 14.9. The van der Waals surface area contributed by atoms with E-state index in [2.05, 4.69) is 59.0 Å². The number of aromatic amines is 1. The van der Waals surface area contributed by atoms with E-state index in [9.17, 15) is 5.26 Å². The Hall–Kier alpha value is -2.54. The first-order chi connectivity index (χ1) is 11.5. The summed E-state index contributed by atoms with van der Waals surface area (Å²) in [6.07, 6.45) is 0. The second-order valence-electron chi connectivity index (χ2n) is 6.80. The molecule has 0 aliphatic carbocycles. The fourth-order valence-electron chi connectivity index (χ4n) is 3.60. The number of nitrogens with zero attached hydrogens (tertiary/aromatic N) is 3. The van der Waals surface area contributed by atoms with E-state index in [0.29, 0.717) is 6.04 Å². The molecule has 1 saturated heterocycles. The number of hydrogen-bond acceptors (Lipinski definition) is 3. The first kappa shape index (κ1) is 16.3. The molecule has 0 saturated carbocycles. The Morgan fingerprint density at radius 2 is 1.96 bits per heavy atom. The Morgan fingerprint density at radius 1 is 1.17 bits per heavy atom. The van der Waals surface area contributed by atoms with Gasteiger partial charge in [0.05, 0.1) is 18.3 Å². The summed E-state index contributed by atoms with van der Waals surface area (Å²) >= 11 is 0. The molecule has 1 aliphatic rings. The third kappa shape index (κ3) is 3.07. The molecule has 24 heavy (non-hydrogen) atoms. The van der Waals surface area contributed by atoms with Crippen LogP contribution in [0.5, 0.6) is 0 Å². The SMILES string of the molecule is Cc1cccc(N2CCN(c3[nH+]c(C)cc(C)c3C#N)C[C@@H]2C)c1. The highest BCUT2D eigenvalue weighted by Crippen LogP contribution is 2.25. The summed E-state index contributed by atoms with van der Waals surface area (Å²) in [5.41, 5.74) is 5.47. The molecular formula is C20H25N4+. The molecule has 1 aromatic carbocycles. The number of aromatic nitrogens is 1. The fourth-order valence-corrected chi connectivity index (χ4v) is 3.60. The van der Waals surface area contributed by atoms with Gasteiger partial charge in [-0.05, 0) is 57.0 Å². The van der Waals surface area contributed by atoms with Gasteiger partial charge in [0.1, 0.15) is 24.7 Å². The summed E-state index contributed by atoms with van der Waals surface area (Å²) in [4.78, 5) is 8.18. The van der Waals surface area contributed by atoms with Gasteiger partial charge in [-0.2, -0.15) is 5.26 Å². The van der Waals surface area contributed by atoms with Crippen LogP contribution >= 0.6 is 0 Å². The summed E-state index contributed by atoms with van der Waals surface area (Å²) in [7, 11) is 0. The summed E-state index contributed by atoms with van der Waals surface area (Å²) in [6.45, 7) is 11.2. The average molecular weight is 321 g/mol. The van der Waals surface area contributed by atoms with Gasteiger partial charge in [0.15, 0.2) is 0 Å². The smallest absolute Gasteiger partial charge is 0.293 e. The van der Waals surface area contributed by atoms with E-state index in [0.717, 1.165) is 42.3 Å². The largest absolute Gasteiger partial charge is 0.361 e. The van der Waals surface area contributed by atoms with Gasteiger partial charge in [0, 0.05) is 5.69 Å². The molecule has 4 nitrogen and oxygen atoms in total. The Labute approximate surface area is 144 Å². The van der Waals surface area contributed by atoms with Crippen LogP contribution in [0.25, 0.3) is 0 Å². The highest BCUT2D eigenvalue weighted by atomic mass is 15.3. The number of hydrogen-bond donors (Lipinski definition) is 0. The van der Waals surface area contributed by atoms with Gasteiger partial charge in [-0.15, -0.1) is 0 Å². The predicted octanol–water partition coefficient (Wildman–Crippen LogP) is 3.01. The van der Waals surface area contributed by atoms with Crippen molar-refractivity contribution in [2.75, 3.05) is 29.4 Å². The summed E-state index contributed by atoms with van der Waals surface area (Å²) in [6, 6.07) is 13.5. The minimum atomic E-state index is 0.390. The molecule has 1 aliphatic heterocycles. The van der Waals surface area contributed by atoms with Gasteiger partial charge >= 0.3 is 0 Å². The number of H-pyrrole nitrogens is 1. The van der Waals surface area contributed by atoms with Gasteiger partial charge in [-0.25, -0.2) is 4.98 Å². The molecule has 1 aromatic heterocycles. The number of rotatable bonds is 2. The first-order valence-corrected chi connectivity index (χ1v) is 8.51. The van der Waals surface area contributed by atoms with E-state index in [4.69, 9.17) is 0 Å². The van der Waals surface area contributed by atoms with Crippen molar-refractivity contribution in [2.45, 2.75) is 33.7 Å². The molecule has 2 aromatic rings. The van der Waals surface area contributed by atoms with Crippen LogP contribution in [0.1, 0.15) is 29.3 Å². The number of nitrogens with one attached hydrogen (secondary N) is 1. The Balaban J connectivity index is 1.85. The number of aryl methyl sites for hydroxylation is 3. The van der Waals surface area contributed by atoms with E-state index in [1.54, 1.807) is 0 Å². The number of anilines is 2. The van der Waals surface area contributed by atoms with Gasteiger partial charge in [0.25, 0.3) is 5.82 Å². The van der Waals surface area contributed by atoms with Crippen molar-refractivity contribution in [3.05, 3.63) is 52.7 Å². The lowest BCUT2D eigenvalue weighted by Gasteiger charge is -2.38. The summed E-state index contributed by atoms with van der Waals surface area (Å²) in [5, 5.41) is 9.54. The predicted molar refractivity (Wildman–Crippen MR) is 97.4 cm³/mol. The average Bonchev–Trinajstić information content (AvgIpc) is 2.54. The van der Waals surface area contributed by atoms with Crippen LogP contribution in [-0.4, -0.2) is 25.7 Å². The maximum Gasteiger partial charge on any atom is 0.293 e. The van der Waals surface area contributed by atoms with E-state index in [1.165, 1.54) is 11.3 Å². The summed E-state index contributed by atoms with van der Waals surface area (Å²) < 4.78 is 0. The Kier molecular flexibility index (Phi) is 4.44. The number of pyridine rings is 1. The molecule has 0 unspecified atom stereocenters. The lowest BCUT2D eigenvalue weighted by atomic mass is 10.1. The van der Waals surface area contributed by atoms with Crippen molar-refractivity contribution in [1.82, 2.24) is 0 Å². The first-order valence-electron chi connectivity index (χ1n) is 8.51. The van der Waals surface area contributed by atoms with E-state index in [-0.39, 0.29) is 0 Å². The second-order valence-corrected chi connectivity index (χ2v) is 6.80. The monoisotopic (exact) mass is 321 g/mol. The number of piperazine rings is 1. The molecule has 4 heteroatoms. The zero-order chi connectivity index (χ0) is 17.3. The highest BCUT2D eigenvalue weighted by Gasteiger charge is 2.31. The van der Waals surface area contributed by atoms with Crippen molar-refractivity contribution in [2.24, 2.45) is 0 Å². The van der Waals surface area contributed by atoms with Crippen LogP contribution in [0.3, 0.4) is 0 Å². The van der Waals surface area contributed by atoms with Crippen molar-refractivity contribution >= 4 is 11.5 Å². The normalized spacial score (nSPS) is 17.7. The van der Waals surface area contributed by atoms with Crippen LogP contribution in [-0.2, 0) is 0 Å². The maximum absolute atomic E-state index is 9.54. The van der Waals surface area contributed by atoms with Crippen LogP contribution in [0.4, 0.5) is 11.5 Å². The van der Waals surface area contributed by atoms with E-state index < -0.39 is 0 Å². The van der Waals surface area contributed by atoms with Crippen LogP contribution in [0.2, 0.25) is 0 Å². The van der Waals surface area contributed by atoms with Crippen molar-refractivity contribution in [3.63, 3.8) is 0 Å². The third-order valence-corrected chi connectivity index (χ3v) is 4.77. The van der Waals surface area contributed by atoms with Gasteiger partial charge in [-0.3, -0.25) is 4.90 Å². The minimum absolute atomic E-state index is 0.390. The molecule has 0 amide bonds. The van der Waals surface area contributed by atoms with Gasteiger partial charge in [-0.1, -0.05) is 12.1 Å². The number of nitriles is 1. The standard InChI is InChI=1S/C20H24N4/c1-14-6-5-7-18(10-14)24-9-8-23(13-17(24)4)20-19(12-21)15(2)11-16(3)22-20/h5-7,10-11,17H,8-9,13H2,1-4H3/p+1/t17-/m0/s1. The van der Waals surface area contributed by atoms with E-state index >= 15 is 0 Å². The zero-order valence-electron chi connectivity index (χ0n) is 14.9. The van der Waals surface area contributed by atoms with Crippen molar-refractivity contribution < 1.29 is 4.98 Å². The number of benzene rings is 1. The summed E-state index contributed by atoms with van der Waals surface area (Å²) in [5.74, 6) is 0.964. The molecule has 0 bridgehead atoms. The second kappa shape index (κ2) is 6.52. The molecular weight excluding hydrogens is 296 g/mol. The Morgan fingerprint density at radius 3 is 2.62 bits per heavy atom. The highest BCUT2D eigenvalue weighted by molar-refractivity contribution is 5.57. The van der Waals surface area contributed by atoms with Crippen molar-refractivity contribution in [1.29, 1.82) is 5.26 Å². The molecule has 2 heterocycles. The molecule has 0 spiro atoms.